The number of ether oxygens (including phenoxy) is 1. The van der Waals surface area contributed by atoms with E-state index < -0.39 is 0 Å². The summed E-state index contributed by atoms with van der Waals surface area (Å²) in [6.07, 6.45) is 14.7. The molecule has 10 rings (SSSR count). The van der Waals surface area contributed by atoms with Gasteiger partial charge in [-0.2, -0.15) is 0 Å². The molecule has 0 unspecified atom stereocenters. The number of allylic oxidation sites excluding steroid dienone is 5. The lowest BCUT2D eigenvalue weighted by Crippen LogP contribution is -2.14. The first-order valence-electron chi connectivity index (χ1n) is 20.5. The van der Waals surface area contributed by atoms with Crippen LogP contribution in [-0.2, 0) is 13.1 Å². The lowest BCUT2D eigenvalue weighted by Gasteiger charge is -2.32. The number of anilines is 2. The number of aliphatic imine (C=N–C) groups is 3. The van der Waals surface area contributed by atoms with E-state index >= 15 is 0 Å². The molecule has 8 heteroatoms. The topological polar surface area (TPSA) is 67.6 Å². The maximum Gasteiger partial charge on any atom is 0.164 e. The first-order valence-corrected chi connectivity index (χ1v) is 21.2. The summed E-state index contributed by atoms with van der Waals surface area (Å²) in [6.45, 7) is 14.8. The molecule has 0 radical (unpaired) electrons. The van der Waals surface area contributed by atoms with Gasteiger partial charge in [-0.3, -0.25) is 4.31 Å². The molecule has 6 aromatic carbocycles. The molecule has 0 N–H and O–H groups in total. The number of amidine groups is 2. The van der Waals surface area contributed by atoms with Gasteiger partial charge in [0.1, 0.15) is 29.3 Å². The number of hydrogen-bond donors (Lipinski definition) is 0. The van der Waals surface area contributed by atoms with Gasteiger partial charge in [-0.25, -0.2) is 15.0 Å². The van der Waals surface area contributed by atoms with Gasteiger partial charge in [-0.15, -0.1) is 0 Å². The molecule has 0 aliphatic carbocycles. The number of hydrogen-bond acceptors (Lipinski definition) is 5. The Hall–Kier alpha value is -7.68. The third-order valence-corrected chi connectivity index (χ3v) is 12.3. The predicted octanol–water partition coefficient (Wildman–Crippen LogP) is 14.2. The van der Waals surface area contributed by atoms with Crippen molar-refractivity contribution in [1.82, 2.24) is 4.57 Å². The van der Waals surface area contributed by atoms with Crippen LogP contribution in [0.1, 0.15) is 34.9 Å². The quantitative estimate of drug-likeness (QED) is 0.0912. The van der Waals surface area contributed by atoms with E-state index in [0.717, 1.165) is 71.5 Å². The van der Waals surface area contributed by atoms with E-state index in [1.807, 2.05) is 79.8 Å². The van der Waals surface area contributed by atoms with Crippen LogP contribution in [0, 0.1) is 0 Å². The SMILES string of the molecule is C=Cc1c(/C=C\C)n(C/N=C(\N=C(N=C)c2cccc3c2oc2ccccc23)c2cccc3c2OC(=C)/C=C\C=C/C3)c2c3c(ccc12)N(c1ccccc1)Sc1ccccc1-3. The Balaban J connectivity index is 1.24. The average molecular weight is 824 g/mol. The van der Waals surface area contributed by atoms with Gasteiger partial charge in [-0.1, -0.05) is 128 Å². The maximum absolute atomic E-state index is 6.56. The van der Waals surface area contributed by atoms with Crippen LogP contribution in [0.3, 0.4) is 0 Å². The van der Waals surface area contributed by atoms with E-state index in [2.05, 4.69) is 131 Å². The zero-order valence-electron chi connectivity index (χ0n) is 34.2. The summed E-state index contributed by atoms with van der Waals surface area (Å²) in [6, 6.07) is 43.6. The molecule has 0 saturated heterocycles. The number of rotatable bonds is 7. The van der Waals surface area contributed by atoms with Crippen LogP contribution in [-0.4, -0.2) is 23.0 Å². The average Bonchev–Trinajstić information content (AvgIpc) is 3.87. The minimum absolute atomic E-state index is 0.198. The second-order valence-corrected chi connectivity index (χ2v) is 15.8. The van der Waals surface area contributed by atoms with E-state index in [-0.39, 0.29) is 6.67 Å². The molecule has 2 aromatic heterocycles. The van der Waals surface area contributed by atoms with Gasteiger partial charge in [0.25, 0.3) is 0 Å². The highest BCUT2D eigenvalue weighted by Gasteiger charge is 2.29. The van der Waals surface area contributed by atoms with Crippen molar-refractivity contribution in [3.63, 3.8) is 0 Å². The van der Waals surface area contributed by atoms with Crippen LogP contribution >= 0.6 is 11.9 Å². The van der Waals surface area contributed by atoms with E-state index in [0.29, 0.717) is 46.3 Å². The highest BCUT2D eigenvalue weighted by atomic mass is 32.2. The summed E-state index contributed by atoms with van der Waals surface area (Å²) < 4.78 is 17.6. The highest BCUT2D eigenvalue weighted by Crippen LogP contribution is 2.53. The molecule has 0 bridgehead atoms. The molecule has 2 aliphatic rings. The van der Waals surface area contributed by atoms with Gasteiger partial charge >= 0.3 is 0 Å². The number of aromatic nitrogens is 1. The van der Waals surface area contributed by atoms with Crippen molar-refractivity contribution < 1.29 is 9.15 Å². The molecule has 300 valence electrons. The van der Waals surface area contributed by atoms with E-state index in [9.17, 15) is 0 Å². The Bertz CT molecular complexity index is 3270. The molecule has 0 amide bonds. The fourth-order valence-corrected chi connectivity index (χ4v) is 9.52. The van der Waals surface area contributed by atoms with Crippen LogP contribution in [0.5, 0.6) is 5.75 Å². The molecule has 4 heterocycles. The maximum atomic E-state index is 6.56. The number of nitrogens with zero attached hydrogens (tertiary/aromatic N) is 5. The van der Waals surface area contributed by atoms with Crippen molar-refractivity contribution in [2.75, 3.05) is 4.31 Å². The standard InChI is InChI=1S/C54H41N5O2S/c1-5-19-45-38(6-2)40-32-33-46-49(42-26-14-16-31-48(42)62-59(46)37-23-11-8-12-24-37)50(40)58(45)34-56-54(43-28-17-22-36-21-10-7-9-20-35(3)60-51(36)43)57-53(55-4)44-29-18-27-41-39-25-13-15-30-47(39)61-52(41)44/h5-20,22-33H,2-4,21,34H2,1H3/b10-7-,19-5-,20-9-,56-54-,57-53?. The van der Waals surface area contributed by atoms with Crippen molar-refractivity contribution in [2.45, 2.75) is 24.9 Å². The molecule has 7 nitrogen and oxygen atoms in total. The zero-order chi connectivity index (χ0) is 42.2. The van der Waals surface area contributed by atoms with Crippen molar-refractivity contribution >= 4 is 86.7 Å². The number of para-hydroxylation sites is 4. The molecule has 0 fully saturated rings. The lowest BCUT2D eigenvalue weighted by atomic mass is 9.98. The van der Waals surface area contributed by atoms with Gasteiger partial charge in [0.2, 0.25) is 0 Å². The molecular formula is C54H41N5O2S. The largest absolute Gasteiger partial charge is 0.457 e. The highest BCUT2D eigenvalue weighted by molar-refractivity contribution is 8.01. The number of furan rings is 1. The summed E-state index contributed by atoms with van der Waals surface area (Å²) in [7, 11) is 0. The van der Waals surface area contributed by atoms with Crippen molar-refractivity contribution in [1.29, 1.82) is 0 Å². The molecule has 62 heavy (non-hydrogen) atoms. The molecule has 0 saturated carbocycles. The van der Waals surface area contributed by atoms with Gasteiger partial charge in [0, 0.05) is 37.7 Å². The minimum atomic E-state index is 0.198. The van der Waals surface area contributed by atoms with Crippen molar-refractivity contribution in [3.8, 4) is 16.9 Å². The smallest absolute Gasteiger partial charge is 0.164 e. The second-order valence-electron chi connectivity index (χ2n) is 14.9. The van der Waals surface area contributed by atoms with Gasteiger partial charge in [0.05, 0.1) is 33.7 Å². The first kappa shape index (κ1) is 38.5. The van der Waals surface area contributed by atoms with Crippen LogP contribution < -0.4 is 9.04 Å². The van der Waals surface area contributed by atoms with Crippen molar-refractivity contribution in [3.05, 3.63) is 205 Å². The van der Waals surface area contributed by atoms with Gasteiger partial charge < -0.3 is 13.7 Å². The molecule has 0 spiro atoms. The normalized spacial score (nSPS) is 15.1. The van der Waals surface area contributed by atoms with E-state index in [4.69, 9.17) is 19.1 Å². The Morgan fingerprint density at radius 2 is 1.60 bits per heavy atom. The summed E-state index contributed by atoms with van der Waals surface area (Å²) in [4.78, 5) is 16.5. The third-order valence-electron chi connectivity index (χ3n) is 11.2. The second kappa shape index (κ2) is 16.4. The Morgan fingerprint density at radius 3 is 2.45 bits per heavy atom. The molecule has 2 aliphatic heterocycles. The first-order chi connectivity index (χ1) is 30.6. The fraction of sp³-hybridized carbons (Fsp3) is 0.0556. The van der Waals surface area contributed by atoms with E-state index in [1.165, 1.54) is 0 Å². The minimum Gasteiger partial charge on any atom is -0.457 e. The van der Waals surface area contributed by atoms with Crippen LogP contribution in [0.4, 0.5) is 11.4 Å². The summed E-state index contributed by atoms with van der Waals surface area (Å²) >= 11 is 1.73. The van der Waals surface area contributed by atoms with Crippen LogP contribution in [0.2, 0.25) is 0 Å². The van der Waals surface area contributed by atoms with Crippen LogP contribution in [0.15, 0.2) is 201 Å². The van der Waals surface area contributed by atoms with E-state index in [1.54, 1.807) is 11.9 Å². The Labute approximate surface area is 364 Å². The summed E-state index contributed by atoms with van der Waals surface area (Å²) in [5, 5.41) is 3.05. The molecular weight excluding hydrogens is 783 g/mol. The number of fused-ring (bicyclic) bond motifs is 9. The predicted molar refractivity (Wildman–Crippen MR) is 261 cm³/mol. The molecule has 8 aromatic rings. The third kappa shape index (κ3) is 6.71. The van der Waals surface area contributed by atoms with Gasteiger partial charge in [-0.05, 0) is 92.2 Å². The Kier molecular flexibility index (Phi) is 10.2. The zero-order valence-corrected chi connectivity index (χ0v) is 35.0. The summed E-state index contributed by atoms with van der Waals surface area (Å²) in [5.41, 5.74) is 11.3. The lowest BCUT2D eigenvalue weighted by molar-refractivity contribution is 0.442. The Morgan fingerprint density at radius 1 is 0.806 bits per heavy atom. The molecule has 0 atom stereocenters. The fourth-order valence-electron chi connectivity index (χ4n) is 8.44. The van der Waals surface area contributed by atoms with Crippen molar-refractivity contribution in [2.24, 2.45) is 15.0 Å². The number of benzene rings is 6. The van der Waals surface area contributed by atoms with Crippen LogP contribution in [0.25, 0.3) is 56.1 Å². The monoisotopic (exact) mass is 823 g/mol. The summed E-state index contributed by atoms with van der Waals surface area (Å²) in [5.74, 6) is 1.90. The van der Waals surface area contributed by atoms with Gasteiger partial charge in [0.15, 0.2) is 11.7 Å².